The summed E-state index contributed by atoms with van der Waals surface area (Å²) >= 11 is 0. The van der Waals surface area contributed by atoms with Crippen molar-refractivity contribution >= 4 is 23.6 Å². The number of carboxylic acid groups (broad SMARTS) is 1. The molecule has 0 bridgehead atoms. The van der Waals surface area contributed by atoms with Crippen molar-refractivity contribution in [3.63, 3.8) is 0 Å². The minimum atomic E-state index is -0.958. The van der Waals surface area contributed by atoms with Gasteiger partial charge in [0, 0.05) is 36.6 Å². The molecule has 0 unspecified atom stereocenters. The number of aliphatic imine (C=N–C) groups is 1. The minimum Gasteiger partial charge on any atom is -0.496 e. The minimum absolute atomic E-state index is 0.224. The van der Waals surface area contributed by atoms with Gasteiger partial charge in [0.1, 0.15) is 5.75 Å². The van der Waals surface area contributed by atoms with Gasteiger partial charge in [-0.2, -0.15) is 0 Å². The summed E-state index contributed by atoms with van der Waals surface area (Å²) in [5.41, 5.74) is 2.86. The van der Waals surface area contributed by atoms with Crippen molar-refractivity contribution in [2.24, 2.45) is 4.99 Å². The van der Waals surface area contributed by atoms with Crippen LogP contribution in [0.15, 0.2) is 47.5 Å². The van der Waals surface area contributed by atoms with Crippen LogP contribution in [0.5, 0.6) is 5.75 Å². The molecule has 130 valence electrons. The Labute approximate surface area is 147 Å². The van der Waals surface area contributed by atoms with Gasteiger partial charge < -0.3 is 14.7 Å². The molecule has 0 aliphatic carbocycles. The van der Waals surface area contributed by atoms with Gasteiger partial charge >= 0.3 is 5.97 Å². The first-order chi connectivity index (χ1) is 12.2. The normalized spacial score (nSPS) is 14.7. The third kappa shape index (κ3) is 4.18. The number of piperidine rings is 1. The van der Waals surface area contributed by atoms with Crippen LogP contribution in [0, 0.1) is 0 Å². The summed E-state index contributed by atoms with van der Waals surface area (Å²) in [7, 11) is 1.65. The zero-order valence-electron chi connectivity index (χ0n) is 14.3. The molecule has 5 heteroatoms. The maximum Gasteiger partial charge on any atom is 0.335 e. The summed E-state index contributed by atoms with van der Waals surface area (Å²) in [5, 5.41) is 9.05. The van der Waals surface area contributed by atoms with Crippen molar-refractivity contribution in [1.29, 1.82) is 0 Å². The second-order valence-electron chi connectivity index (χ2n) is 6.09. The number of benzene rings is 2. The number of hydrogen-bond donors (Lipinski definition) is 1. The van der Waals surface area contributed by atoms with E-state index in [1.807, 2.05) is 12.1 Å². The van der Waals surface area contributed by atoms with E-state index in [9.17, 15) is 4.79 Å². The fourth-order valence-corrected chi connectivity index (χ4v) is 3.02. The molecule has 0 spiro atoms. The molecule has 2 aromatic rings. The van der Waals surface area contributed by atoms with Crippen molar-refractivity contribution in [3.8, 4) is 5.75 Å². The second kappa shape index (κ2) is 7.83. The Morgan fingerprint density at radius 3 is 2.68 bits per heavy atom. The van der Waals surface area contributed by atoms with Crippen molar-refractivity contribution < 1.29 is 14.6 Å². The largest absolute Gasteiger partial charge is 0.496 e. The van der Waals surface area contributed by atoms with Gasteiger partial charge in [0.05, 0.1) is 18.4 Å². The van der Waals surface area contributed by atoms with Crippen LogP contribution in [0.4, 0.5) is 11.4 Å². The zero-order valence-corrected chi connectivity index (χ0v) is 14.3. The molecule has 0 aromatic heterocycles. The number of nitrogens with zero attached hydrogens (tertiary/aromatic N) is 2. The van der Waals surface area contributed by atoms with Gasteiger partial charge in [-0.3, -0.25) is 4.99 Å². The molecule has 1 N–H and O–H groups in total. The first-order valence-corrected chi connectivity index (χ1v) is 8.48. The van der Waals surface area contributed by atoms with Gasteiger partial charge in [0.2, 0.25) is 0 Å². The van der Waals surface area contributed by atoms with Crippen LogP contribution in [0.25, 0.3) is 0 Å². The highest BCUT2D eigenvalue weighted by atomic mass is 16.5. The third-order valence-corrected chi connectivity index (χ3v) is 4.38. The Bertz CT molecular complexity index is 780. The maximum absolute atomic E-state index is 11.0. The molecule has 2 aromatic carbocycles. The maximum atomic E-state index is 11.0. The fourth-order valence-electron chi connectivity index (χ4n) is 3.02. The van der Waals surface area contributed by atoms with Gasteiger partial charge in [-0.15, -0.1) is 0 Å². The molecule has 25 heavy (non-hydrogen) atoms. The Hall–Kier alpha value is -2.82. The highest BCUT2D eigenvalue weighted by Gasteiger charge is 2.12. The quantitative estimate of drug-likeness (QED) is 0.833. The fraction of sp³-hybridized carbons (Fsp3) is 0.300. The molecular formula is C20H22N2O3. The van der Waals surface area contributed by atoms with Crippen LogP contribution in [0.3, 0.4) is 0 Å². The molecule has 5 nitrogen and oxygen atoms in total. The lowest BCUT2D eigenvalue weighted by Gasteiger charge is -2.29. The van der Waals surface area contributed by atoms with E-state index in [1.54, 1.807) is 37.6 Å². The van der Waals surface area contributed by atoms with Crippen LogP contribution >= 0.6 is 0 Å². The molecule has 0 saturated carbocycles. The first-order valence-electron chi connectivity index (χ1n) is 8.48. The van der Waals surface area contributed by atoms with E-state index in [-0.39, 0.29) is 5.56 Å². The molecule has 0 atom stereocenters. The van der Waals surface area contributed by atoms with E-state index in [0.717, 1.165) is 24.4 Å². The smallest absolute Gasteiger partial charge is 0.335 e. The van der Waals surface area contributed by atoms with Crippen LogP contribution in [-0.4, -0.2) is 37.5 Å². The first kappa shape index (κ1) is 17.0. The average molecular weight is 338 g/mol. The molecule has 1 aliphatic heterocycles. The van der Waals surface area contributed by atoms with E-state index in [4.69, 9.17) is 9.84 Å². The number of rotatable bonds is 5. The van der Waals surface area contributed by atoms with E-state index in [0.29, 0.717) is 5.69 Å². The molecule has 1 fully saturated rings. The molecule has 3 rings (SSSR count). The average Bonchev–Trinajstić information content (AvgIpc) is 2.67. The van der Waals surface area contributed by atoms with Crippen LogP contribution in [-0.2, 0) is 0 Å². The van der Waals surface area contributed by atoms with Crippen molar-refractivity contribution in [2.45, 2.75) is 19.3 Å². The number of aromatic carboxylic acids is 1. The van der Waals surface area contributed by atoms with Crippen molar-refractivity contribution in [1.82, 2.24) is 0 Å². The monoisotopic (exact) mass is 338 g/mol. The van der Waals surface area contributed by atoms with Gasteiger partial charge in [-0.1, -0.05) is 6.07 Å². The van der Waals surface area contributed by atoms with Crippen LogP contribution in [0.1, 0.15) is 35.2 Å². The molecule has 1 aliphatic rings. The Morgan fingerprint density at radius 2 is 1.96 bits per heavy atom. The number of ether oxygens (including phenoxy) is 1. The number of anilines is 1. The van der Waals surface area contributed by atoms with Crippen molar-refractivity contribution in [3.05, 3.63) is 53.6 Å². The topological polar surface area (TPSA) is 62.1 Å². The Kier molecular flexibility index (Phi) is 5.33. The van der Waals surface area contributed by atoms with Crippen LogP contribution < -0.4 is 9.64 Å². The van der Waals surface area contributed by atoms with Crippen LogP contribution in [0.2, 0.25) is 0 Å². The lowest BCUT2D eigenvalue weighted by Crippen LogP contribution is -2.29. The van der Waals surface area contributed by atoms with E-state index >= 15 is 0 Å². The van der Waals surface area contributed by atoms with Gasteiger partial charge in [-0.25, -0.2) is 4.79 Å². The second-order valence-corrected chi connectivity index (χ2v) is 6.09. The van der Waals surface area contributed by atoms with Crippen molar-refractivity contribution in [2.75, 3.05) is 25.1 Å². The van der Waals surface area contributed by atoms with Gasteiger partial charge in [-0.05, 0) is 49.6 Å². The standard InChI is InChI=1S/C20H22N2O3/c1-25-19-13-18(22-10-3-2-4-11-22)9-8-16(19)14-21-17-7-5-6-15(12-17)20(23)24/h5-9,12-14H,2-4,10-11H2,1H3,(H,23,24). The number of carboxylic acids is 1. The Morgan fingerprint density at radius 1 is 1.16 bits per heavy atom. The number of hydrogen-bond acceptors (Lipinski definition) is 4. The summed E-state index contributed by atoms with van der Waals surface area (Å²) in [4.78, 5) is 17.8. The summed E-state index contributed by atoms with van der Waals surface area (Å²) in [6, 6.07) is 12.7. The summed E-state index contributed by atoms with van der Waals surface area (Å²) in [5.74, 6) is -0.193. The van der Waals surface area contributed by atoms with E-state index in [1.165, 1.54) is 24.9 Å². The van der Waals surface area contributed by atoms with Gasteiger partial charge in [0.25, 0.3) is 0 Å². The summed E-state index contributed by atoms with van der Waals surface area (Å²) in [6.07, 6.45) is 5.46. The number of methoxy groups -OCH3 is 1. The predicted octanol–water partition coefficient (Wildman–Crippen LogP) is 4.13. The van der Waals surface area contributed by atoms with Gasteiger partial charge in [0.15, 0.2) is 0 Å². The lowest BCUT2D eigenvalue weighted by atomic mass is 10.1. The highest BCUT2D eigenvalue weighted by molar-refractivity contribution is 5.90. The molecule has 0 radical (unpaired) electrons. The predicted molar refractivity (Wildman–Crippen MR) is 99.7 cm³/mol. The molecule has 1 saturated heterocycles. The van der Waals surface area contributed by atoms with E-state index in [2.05, 4.69) is 16.0 Å². The lowest BCUT2D eigenvalue weighted by molar-refractivity contribution is 0.0697. The molecular weight excluding hydrogens is 316 g/mol. The van der Waals surface area contributed by atoms with E-state index < -0.39 is 5.97 Å². The SMILES string of the molecule is COc1cc(N2CCCCC2)ccc1C=Nc1cccc(C(=O)O)c1. The number of carbonyl (C=O) groups is 1. The summed E-state index contributed by atoms with van der Waals surface area (Å²) < 4.78 is 5.52. The molecule has 0 amide bonds. The Balaban J connectivity index is 1.82. The summed E-state index contributed by atoms with van der Waals surface area (Å²) in [6.45, 7) is 2.16. The zero-order chi connectivity index (χ0) is 17.6. The molecule has 1 heterocycles. The highest BCUT2D eigenvalue weighted by Crippen LogP contribution is 2.27. The third-order valence-electron chi connectivity index (χ3n) is 4.38.